The largest absolute Gasteiger partial charge is 0.497 e. The van der Waals surface area contributed by atoms with Crippen LogP contribution in [0.5, 0.6) is 5.75 Å². The third-order valence-electron chi connectivity index (χ3n) is 4.62. The van der Waals surface area contributed by atoms with Crippen molar-refractivity contribution in [2.75, 3.05) is 7.11 Å². The standard InChI is InChI=1S/C22H24O2/c1-22(2,3)17-9-5-15(6-10-17)13-20-19-14-18(24-4)11-7-16(19)8-12-21(20)23/h5-7,9-11,13-14H,8,12H2,1-4H3/b20-13+. The van der Waals surface area contributed by atoms with Crippen LogP contribution in [0.2, 0.25) is 0 Å². The number of methoxy groups -OCH3 is 1. The summed E-state index contributed by atoms with van der Waals surface area (Å²) in [6.07, 6.45) is 3.38. The van der Waals surface area contributed by atoms with Gasteiger partial charge in [0.15, 0.2) is 5.78 Å². The number of carbonyl (C=O) groups is 1. The maximum absolute atomic E-state index is 12.5. The minimum Gasteiger partial charge on any atom is -0.497 e. The molecule has 0 spiro atoms. The Balaban J connectivity index is 2.02. The van der Waals surface area contributed by atoms with Crippen molar-refractivity contribution in [3.05, 3.63) is 64.7 Å². The molecule has 0 saturated carbocycles. The molecule has 2 heteroatoms. The zero-order valence-electron chi connectivity index (χ0n) is 14.8. The number of carbonyl (C=O) groups excluding carboxylic acids is 1. The number of fused-ring (bicyclic) bond motifs is 1. The number of hydrogen-bond acceptors (Lipinski definition) is 2. The lowest BCUT2D eigenvalue weighted by Crippen LogP contribution is -2.12. The van der Waals surface area contributed by atoms with Crippen LogP contribution in [0.4, 0.5) is 0 Å². The van der Waals surface area contributed by atoms with E-state index in [1.54, 1.807) is 7.11 Å². The van der Waals surface area contributed by atoms with Crippen molar-refractivity contribution in [2.24, 2.45) is 0 Å². The predicted molar refractivity (Wildman–Crippen MR) is 99.3 cm³/mol. The van der Waals surface area contributed by atoms with E-state index in [1.165, 1.54) is 11.1 Å². The van der Waals surface area contributed by atoms with Gasteiger partial charge in [-0.25, -0.2) is 0 Å². The van der Waals surface area contributed by atoms with Crippen molar-refractivity contribution < 1.29 is 9.53 Å². The lowest BCUT2D eigenvalue weighted by Gasteiger charge is -2.20. The highest BCUT2D eigenvalue weighted by molar-refractivity contribution is 6.26. The highest BCUT2D eigenvalue weighted by Gasteiger charge is 2.22. The van der Waals surface area contributed by atoms with E-state index >= 15 is 0 Å². The van der Waals surface area contributed by atoms with Crippen LogP contribution in [0.1, 0.15) is 49.4 Å². The highest BCUT2D eigenvalue weighted by Crippen LogP contribution is 2.33. The van der Waals surface area contributed by atoms with Crippen molar-refractivity contribution >= 4 is 17.4 Å². The SMILES string of the molecule is COc1ccc2c(c1)/C(=C\c1ccc(C(C)(C)C)cc1)C(=O)CC2. The van der Waals surface area contributed by atoms with Crippen molar-refractivity contribution in [1.82, 2.24) is 0 Å². The summed E-state index contributed by atoms with van der Waals surface area (Å²) in [7, 11) is 1.65. The summed E-state index contributed by atoms with van der Waals surface area (Å²) >= 11 is 0. The molecule has 2 aromatic rings. The maximum atomic E-state index is 12.5. The summed E-state index contributed by atoms with van der Waals surface area (Å²) in [6.45, 7) is 6.61. The van der Waals surface area contributed by atoms with Gasteiger partial charge in [-0.05, 0) is 52.3 Å². The van der Waals surface area contributed by atoms with Crippen LogP contribution in [-0.2, 0) is 16.6 Å². The molecule has 0 N–H and O–H groups in total. The summed E-state index contributed by atoms with van der Waals surface area (Å²) in [5.41, 5.74) is 5.49. The van der Waals surface area contributed by atoms with Crippen LogP contribution in [0.3, 0.4) is 0 Å². The molecule has 0 fully saturated rings. The molecule has 0 heterocycles. The quantitative estimate of drug-likeness (QED) is 0.724. The van der Waals surface area contributed by atoms with Crippen LogP contribution >= 0.6 is 0 Å². The second-order valence-electron chi connectivity index (χ2n) is 7.38. The van der Waals surface area contributed by atoms with Gasteiger partial charge in [-0.1, -0.05) is 51.1 Å². The molecule has 0 radical (unpaired) electrons. The van der Waals surface area contributed by atoms with Crippen LogP contribution in [-0.4, -0.2) is 12.9 Å². The molecular weight excluding hydrogens is 296 g/mol. The second kappa shape index (κ2) is 6.27. The Bertz CT molecular complexity index is 790. The van der Waals surface area contributed by atoms with E-state index in [-0.39, 0.29) is 11.2 Å². The number of allylic oxidation sites excluding steroid dienone is 1. The molecule has 1 aliphatic rings. The fourth-order valence-corrected chi connectivity index (χ4v) is 3.09. The van der Waals surface area contributed by atoms with Crippen LogP contribution < -0.4 is 4.74 Å². The third-order valence-corrected chi connectivity index (χ3v) is 4.62. The maximum Gasteiger partial charge on any atom is 0.163 e. The average molecular weight is 320 g/mol. The number of aryl methyl sites for hydroxylation is 1. The summed E-state index contributed by atoms with van der Waals surface area (Å²) in [5.74, 6) is 0.994. The molecule has 24 heavy (non-hydrogen) atoms. The Labute approximate surface area is 144 Å². The number of ketones is 1. The number of rotatable bonds is 2. The Morgan fingerprint density at radius 1 is 1.00 bits per heavy atom. The first kappa shape index (κ1) is 16.5. The molecule has 2 nitrogen and oxygen atoms in total. The van der Waals surface area contributed by atoms with E-state index in [0.717, 1.165) is 28.9 Å². The molecule has 0 amide bonds. The molecule has 2 aromatic carbocycles. The first-order chi connectivity index (χ1) is 11.4. The van der Waals surface area contributed by atoms with Gasteiger partial charge < -0.3 is 4.74 Å². The molecular formula is C22H24O2. The highest BCUT2D eigenvalue weighted by atomic mass is 16.5. The Kier molecular flexibility index (Phi) is 4.31. The van der Waals surface area contributed by atoms with E-state index in [4.69, 9.17) is 4.74 Å². The lowest BCUT2D eigenvalue weighted by molar-refractivity contribution is -0.113. The van der Waals surface area contributed by atoms with Gasteiger partial charge in [-0.15, -0.1) is 0 Å². The summed E-state index contributed by atoms with van der Waals surface area (Å²) in [5, 5.41) is 0. The van der Waals surface area contributed by atoms with Gasteiger partial charge in [0.25, 0.3) is 0 Å². The second-order valence-corrected chi connectivity index (χ2v) is 7.38. The van der Waals surface area contributed by atoms with Gasteiger partial charge in [0.2, 0.25) is 0 Å². The van der Waals surface area contributed by atoms with Crippen molar-refractivity contribution in [1.29, 1.82) is 0 Å². The van der Waals surface area contributed by atoms with Crippen molar-refractivity contribution in [2.45, 2.75) is 39.0 Å². The topological polar surface area (TPSA) is 26.3 Å². The van der Waals surface area contributed by atoms with Gasteiger partial charge in [-0.2, -0.15) is 0 Å². The van der Waals surface area contributed by atoms with Gasteiger partial charge >= 0.3 is 0 Å². The molecule has 0 unspecified atom stereocenters. The molecule has 0 bridgehead atoms. The molecule has 1 aliphatic carbocycles. The number of Topliss-reactive ketones (excluding diaryl/α,β-unsaturated/α-hetero) is 1. The fraction of sp³-hybridized carbons (Fsp3) is 0.318. The molecule has 0 aliphatic heterocycles. The first-order valence-electron chi connectivity index (χ1n) is 8.41. The van der Waals surface area contributed by atoms with E-state index in [1.807, 2.05) is 18.2 Å². The zero-order chi connectivity index (χ0) is 17.3. The van der Waals surface area contributed by atoms with Crippen LogP contribution in [0, 0.1) is 0 Å². The third kappa shape index (κ3) is 3.28. The minimum atomic E-state index is 0.131. The summed E-state index contributed by atoms with van der Waals surface area (Å²) in [4.78, 5) is 12.5. The summed E-state index contributed by atoms with van der Waals surface area (Å²) < 4.78 is 5.33. The molecule has 3 rings (SSSR count). The van der Waals surface area contributed by atoms with E-state index in [9.17, 15) is 4.79 Å². The smallest absolute Gasteiger partial charge is 0.163 e. The van der Waals surface area contributed by atoms with Crippen molar-refractivity contribution in [3.8, 4) is 5.75 Å². The summed E-state index contributed by atoms with van der Waals surface area (Å²) in [6, 6.07) is 14.5. The van der Waals surface area contributed by atoms with Crippen LogP contribution in [0.15, 0.2) is 42.5 Å². The van der Waals surface area contributed by atoms with Crippen LogP contribution in [0.25, 0.3) is 11.6 Å². The van der Waals surface area contributed by atoms with E-state index < -0.39 is 0 Å². The number of benzene rings is 2. The Morgan fingerprint density at radius 3 is 2.33 bits per heavy atom. The van der Waals surface area contributed by atoms with Gasteiger partial charge in [-0.3, -0.25) is 4.79 Å². The van der Waals surface area contributed by atoms with Crippen molar-refractivity contribution in [3.63, 3.8) is 0 Å². The molecule has 0 aromatic heterocycles. The van der Waals surface area contributed by atoms with Gasteiger partial charge in [0.1, 0.15) is 5.75 Å². The molecule has 0 saturated heterocycles. The van der Waals surface area contributed by atoms with Gasteiger partial charge in [0, 0.05) is 12.0 Å². The fourth-order valence-electron chi connectivity index (χ4n) is 3.09. The zero-order valence-corrected chi connectivity index (χ0v) is 14.8. The number of hydrogen-bond donors (Lipinski definition) is 0. The minimum absolute atomic E-state index is 0.131. The normalized spacial score (nSPS) is 16.2. The monoisotopic (exact) mass is 320 g/mol. The lowest BCUT2D eigenvalue weighted by atomic mass is 9.84. The number of ether oxygens (including phenoxy) is 1. The van der Waals surface area contributed by atoms with E-state index in [2.05, 4.69) is 51.1 Å². The molecule has 124 valence electrons. The Hall–Kier alpha value is -2.35. The predicted octanol–water partition coefficient (Wildman–Crippen LogP) is 5.05. The first-order valence-corrected chi connectivity index (χ1v) is 8.41. The average Bonchev–Trinajstić information content (AvgIpc) is 2.56. The van der Waals surface area contributed by atoms with Gasteiger partial charge in [0.05, 0.1) is 7.11 Å². The molecule has 0 atom stereocenters. The Morgan fingerprint density at radius 2 is 1.71 bits per heavy atom. The van der Waals surface area contributed by atoms with E-state index in [0.29, 0.717) is 6.42 Å².